The number of carbonyl (C=O) groups excluding carboxylic acids is 2. The summed E-state index contributed by atoms with van der Waals surface area (Å²) in [7, 11) is -4.31. The molecule has 7 nitrogen and oxygen atoms in total. The van der Waals surface area contributed by atoms with Crippen molar-refractivity contribution in [1.82, 2.24) is 10.2 Å². The van der Waals surface area contributed by atoms with Gasteiger partial charge in [0.1, 0.15) is 18.4 Å². The second kappa shape index (κ2) is 13.4. The highest BCUT2D eigenvalue weighted by atomic mass is 79.9. The summed E-state index contributed by atoms with van der Waals surface area (Å²) in [6, 6.07) is 19.5. The van der Waals surface area contributed by atoms with E-state index in [-0.39, 0.29) is 29.1 Å². The maximum Gasteiger partial charge on any atom is 0.264 e. The zero-order valence-corrected chi connectivity index (χ0v) is 24.7. The maximum absolute atomic E-state index is 15.0. The van der Waals surface area contributed by atoms with Crippen LogP contribution in [0.25, 0.3) is 0 Å². The van der Waals surface area contributed by atoms with Gasteiger partial charge in [-0.1, -0.05) is 77.7 Å². The van der Waals surface area contributed by atoms with Gasteiger partial charge in [0.2, 0.25) is 11.8 Å². The van der Waals surface area contributed by atoms with Crippen LogP contribution in [0, 0.1) is 5.82 Å². The van der Waals surface area contributed by atoms with Crippen molar-refractivity contribution in [2.75, 3.05) is 10.8 Å². The number of carbonyl (C=O) groups is 2. The average molecular weight is 631 g/mol. The number of halogens is 2. The van der Waals surface area contributed by atoms with Gasteiger partial charge in [0.25, 0.3) is 10.0 Å². The molecule has 4 rings (SSSR count). The Labute approximate surface area is 243 Å². The lowest BCUT2D eigenvalue weighted by molar-refractivity contribution is -0.139. The van der Waals surface area contributed by atoms with Gasteiger partial charge >= 0.3 is 0 Å². The number of benzene rings is 3. The average Bonchev–Trinajstić information content (AvgIpc) is 2.96. The molecule has 1 unspecified atom stereocenters. The molecule has 0 radical (unpaired) electrons. The van der Waals surface area contributed by atoms with E-state index >= 15 is 0 Å². The fourth-order valence-electron chi connectivity index (χ4n) is 4.82. The molecule has 2 amide bonds. The van der Waals surface area contributed by atoms with Crippen LogP contribution in [-0.4, -0.2) is 43.8 Å². The van der Waals surface area contributed by atoms with E-state index in [4.69, 9.17) is 0 Å². The van der Waals surface area contributed by atoms with Crippen molar-refractivity contribution in [1.29, 1.82) is 0 Å². The first-order valence-electron chi connectivity index (χ1n) is 13.3. The zero-order valence-electron chi connectivity index (χ0n) is 22.3. The summed E-state index contributed by atoms with van der Waals surface area (Å²) in [5.41, 5.74) is 0.514. The largest absolute Gasteiger partial charge is 0.352 e. The van der Waals surface area contributed by atoms with Gasteiger partial charge in [0, 0.05) is 17.1 Å². The molecule has 3 aromatic carbocycles. The minimum absolute atomic E-state index is 0.0432. The van der Waals surface area contributed by atoms with E-state index in [1.165, 1.54) is 35.2 Å². The minimum Gasteiger partial charge on any atom is -0.352 e. The number of hydrogen-bond donors (Lipinski definition) is 1. The Balaban J connectivity index is 1.67. The van der Waals surface area contributed by atoms with Crippen molar-refractivity contribution in [2.24, 2.45) is 0 Å². The Kier molecular flexibility index (Phi) is 9.97. The molecule has 0 spiro atoms. The number of nitrogens with one attached hydrogen (secondary N) is 1. The first kappa shape index (κ1) is 29.7. The summed E-state index contributed by atoms with van der Waals surface area (Å²) in [6.45, 7) is 1.02. The van der Waals surface area contributed by atoms with Gasteiger partial charge in [-0.15, -0.1) is 0 Å². The van der Waals surface area contributed by atoms with Gasteiger partial charge in [-0.25, -0.2) is 12.8 Å². The topological polar surface area (TPSA) is 86.8 Å². The second-order valence-electron chi connectivity index (χ2n) is 9.94. The lowest BCUT2D eigenvalue weighted by Gasteiger charge is -2.33. The van der Waals surface area contributed by atoms with E-state index in [0.717, 1.165) is 52.5 Å². The zero-order chi connectivity index (χ0) is 28.7. The number of amides is 2. The SMILES string of the molecule is CC(C(=O)NC1CCCCC1)N(Cc1ccc(Br)cc1)C(=O)CN(c1ccccc1F)S(=O)(=O)c1ccccc1. The lowest BCUT2D eigenvalue weighted by atomic mass is 9.95. The molecular weight excluding hydrogens is 597 g/mol. The monoisotopic (exact) mass is 629 g/mol. The molecule has 1 aliphatic rings. The normalized spacial score (nSPS) is 14.8. The number of nitrogens with zero attached hydrogens (tertiary/aromatic N) is 2. The molecule has 3 aromatic rings. The molecule has 1 saturated carbocycles. The summed E-state index contributed by atoms with van der Waals surface area (Å²) in [6.07, 6.45) is 4.98. The molecule has 1 N–H and O–H groups in total. The van der Waals surface area contributed by atoms with Crippen LogP contribution in [0.3, 0.4) is 0 Å². The fraction of sp³-hybridized carbons (Fsp3) is 0.333. The van der Waals surface area contributed by atoms with Crippen LogP contribution in [0.5, 0.6) is 0 Å². The molecule has 0 aliphatic heterocycles. The smallest absolute Gasteiger partial charge is 0.264 e. The van der Waals surface area contributed by atoms with Crippen LogP contribution in [0.15, 0.2) is 88.2 Å². The third-order valence-electron chi connectivity index (χ3n) is 7.12. The van der Waals surface area contributed by atoms with Crippen LogP contribution in [0.1, 0.15) is 44.6 Å². The standard InChI is InChI=1S/C30H33BrFN3O4S/c1-22(30(37)33-25-10-4-2-5-11-25)34(20-23-16-18-24(31)19-17-23)29(36)21-35(28-15-9-8-14-27(28)32)40(38,39)26-12-6-3-7-13-26/h3,6-9,12-19,22,25H,2,4-5,10-11,20-21H2,1H3,(H,33,37). The third kappa shape index (κ3) is 7.28. The van der Waals surface area contributed by atoms with Gasteiger partial charge in [0.15, 0.2) is 0 Å². The predicted octanol–water partition coefficient (Wildman–Crippen LogP) is 5.65. The summed E-state index contributed by atoms with van der Waals surface area (Å²) < 4.78 is 44.0. The molecular formula is C30H33BrFN3O4S. The Hall–Kier alpha value is -3.24. The molecule has 1 fully saturated rings. The van der Waals surface area contributed by atoms with Crippen molar-refractivity contribution in [3.63, 3.8) is 0 Å². The van der Waals surface area contributed by atoms with Crippen molar-refractivity contribution in [3.8, 4) is 0 Å². The molecule has 40 heavy (non-hydrogen) atoms. The molecule has 0 bridgehead atoms. The third-order valence-corrected chi connectivity index (χ3v) is 9.42. The van der Waals surface area contributed by atoms with E-state index in [1.807, 2.05) is 24.3 Å². The minimum atomic E-state index is -4.31. The van der Waals surface area contributed by atoms with Crippen molar-refractivity contribution < 1.29 is 22.4 Å². The summed E-state index contributed by atoms with van der Waals surface area (Å²) in [5, 5.41) is 3.07. The summed E-state index contributed by atoms with van der Waals surface area (Å²) in [4.78, 5) is 28.5. The first-order valence-corrected chi connectivity index (χ1v) is 15.6. The van der Waals surface area contributed by atoms with Crippen molar-refractivity contribution in [2.45, 2.75) is 62.6 Å². The Morgan fingerprint density at radius 3 is 2.23 bits per heavy atom. The number of hydrogen-bond acceptors (Lipinski definition) is 4. The second-order valence-corrected chi connectivity index (χ2v) is 12.7. The fourth-order valence-corrected chi connectivity index (χ4v) is 6.53. The van der Waals surface area contributed by atoms with Crippen LogP contribution < -0.4 is 9.62 Å². The molecule has 1 atom stereocenters. The molecule has 0 heterocycles. The Morgan fingerprint density at radius 2 is 1.57 bits per heavy atom. The van der Waals surface area contributed by atoms with Crippen LogP contribution in [0.4, 0.5) is 10.1 Å². The van der Waals surface area contributed by atoms with E-state index in [9.17, 15) is 22.4 Å². The molecule has 10 heteroatoms. The van der Waals surface area contributed by atoms with Gasteiger partial charge in [-0.2, -0.15) is 0 Å². The molecule has 0 aromatic heterocycles. The van der Waals surface area contributed by atoms with Gasteiger partial charge in [0.05, 0.1) is 10.6 Å². The van der Waals surface area contributed by atoms with Gasteiger partial charge < -0.3 is 10.2 Å². The van der Waals surface area contributed by atoms with E-state index in [0.29, 0.717) is 0 Å². The van der Waals surface area contributed by atoms with Crippen LogP contribution in [0.2, 0.25) is 0 Å². The lowest BCUT2D eigenvalue weighted by Crippen LogP contribution is -2.53. The van der Waals surface area contributed by atoms with Gasteiger partial charge in [-0.05, 0) is 61.7 Å². The van der Waals surface area contributed by atoms with E-state index in [1.54, 1.807) is 25.1 Å². The number of rotatable bonds is 10. The Morgan fingerprint density at radius 1 is 0.950 bits per heavy atom. The number of sulfonamides is 1. The first-order chi connectivity index (χ1) is 19.2. The Bertz CT molecular complexity index is 1410. The quantitative estimate of drug-likeness (QED) is 0.314. The van der Waals surface area contributed by atoms with E-state index < -0.39 is 34.3 Å². The highest BCUT2D eigenvalue weighted by Crippen LogP contribution is 2.27. The predicted molar refractivity (Wildman–Crippen MR) is 157 cm³/mol. The maximum atomic E-state index is 15.0. The summed E-state index contributed by atoms with van der Waals surface area (Å²) >= 11 is 3.40. The van der Waals surface area contributed by atoms with Crippen molar-refractivity contribution in [3.05, 3.63) is 94.7 Å². The van der Waals surface area contributed by atoms with Gasteiger partial charge in [-0.3, -0.25) is 13.9 Å². The van der Waals surface area contributed by atoms with Crippen LogP contribution >= 0.6 is 15.9 Å². The number of para-hydroxylation sites is 1. The van der Waals surface area contributed by atoms with Crippen LogP contribution in [-0.2, 0) is 26.2 Å². The molecule has 1 aliphatic carbocycles. The molecule has 212 valence electrons. The van der Waals surface area contributed by atoms with E-state index in [2.05, 4.69) is 21.2 Å². The highest BCUT2D eigenvalue weighted by Gasteiger charge is 2.34. The number of anilines is 1. The van der Waals surface area contributed by atoms with Crippen molar-refractivity contribution >= 4 is 43.5 Å². The molecule has 0 saturated heterocycles. The summed E-state index contributed by atoms with van der Waals surface area (Å²) in [5.74, 6) is -1.71. The highest BCUT2D eigenvalue weighted by molar-refractivity contribution is 9.10.